The van der Waals surface area contributed by atoms with Gasteiger partial charge in [0.2, 0.25) is 6.29 Å². The van der Waals surface area contributed by atoms with Crippen molar-refractivity contribution in [3.63, 3.8) is 0 Å². The fourth-order valence-electron chi connectivity index (χ4n) is 8.47. The van der Waals surface area contributed by atoms with E-state index in [9.17, 15) is 55.5 Å². The van der Waals surface area contributed by atoms with Gasteiger partial charge in [0, 0.05) is 12.3 Å². The Morgan fingerprint density at radius 1 is 0.642 bits per heavy atom. The molecule has 0 aromatic heterocycles. The highest BCUT2D eigenvalue weighted by atomic mass is 16.8. The van der Waals surface area contributed by atoms with Gasteiger partial charge < -0.3 is 84.2 Å². The fourth-order valence-corrected chi connectivity index (χ4v) is 8.47. The fraction of sp³-hybridized carbons (Fsp3) is 0.917. The summed E-state index contributed by atoms with van der Waals surface area (Å²) in [7, 11) is 0. The van der Waals surface area contributed by atoms with E-state index in [0.29, 0.717) is 38.5 Å². The largest absolute Gasteiger partial charge is 0.479 e. The Bertz CT molecular complexity index is 1390. The lowest BCUT2D eigenvalue weighted by Crippen LogP contribution is -2.62. The quantitative estimate of drug-likeness (QED) is 0.0256. The van der Waals surface area contributed by atoms with E-state index in [4.69, 9.17) is 38.3 Å². The van der Waals surface area contributed by atoms with Crippen LogP contribution in [0.2, 0.25) is 0 Å². The minimum atomic E-state index is -1.87. The number of aliphatic hydroxyl groups excluding tert-OH is 9. The predicted molar refractivity (Wildman–Crippen MR) is 241 cm³/mol. The molecule has 3 heterocycles. The van der Waals surface area contributed by atoms with Crippen LogP contribution < -0.4 is 0 Å². The molecule has 19 heteroatoms. The normalized spacial score (nSPS) is 31.6. The van der Waals surface area contributed by atoms with Gasteiger partial charge in [-0.2, -0.15) is 0 Å². The van der Waals surface area contributed by atoms with Crippen LogP contribution in [0.1, 0.15) is 163 Å². The van der Waals surface area contributed by atoms with Crippen molar-refractivity contribution in [1.82, 2.24) is 0 Å². The van der Waals surface area contributed by atoms with Gasteiger partial charge in [-0.15, -0.1) is 0 Å². The van der Waals surface area contributed by atoms with Gasteiger partial charge in [0.05, 0.1) is 37.6 Å². The summed E-state index contributed by atoms with van der Waals surface area (Å²) in [4.78, 5) is 22.8. The molecule has 19 nitrogen and oxygen atoms in total. The molecule has 0 saturated carbocycles. The van der Waals surface area contributed by atoms with Crippen LogP contribution in [0.3, 0.4) is 0 Å². The monoisotopic (exact) mass is 967 g/mol. The van der Waals surface area contributed by atoms with Crippen LogP contribution in [0.5, 0.6) is 0 Å². The van der Waals surface area contributed by atoms with Crippen LogP contribution >= 0.6 is 0 Å². The first kappa shape index (κ1) is 59.2. The third-order valence-corrected chi connectivity index (χ3v) is 12.9. The third-order valence-electron chi connectivity index (χ3n) is 12.9. The number of carboxylic acids is 1. The van der Waals surface area contributed by atoms with Crippen molar-refractivity contribution in [2.75, 3.05) is 13.2 Å². The van der Waals surface area contributed by atoms with Crippen molar-refractivity contribution >= 4 is 11.9 Å². The summed E-state index contributed by atoms with van der Waals surface area (Å²) in [6.07, 6.45) is -1.77. The van der Waals surface area contributed by atoms with Crippen LogP contribution in [-0.4, -0.2) is 168 Å². The minimum absolute atomic E-state index is 0.0234. The number of hydrogen-bond acceptors (Lipinski definition) is 18. The Kier molecular flexibility index (Phi) is 28.3. The van der Waals surface area contributed by atoms with Gasteiger partial charge in [0.1, 0.15) is 49.0 Å². The average molecular weight is 967 g/mol. The van der Waals surface area contributed by atoms with E-state index in [1.165, 1.54) is 12.8 Å². The molecule has 0 amide bonds. The van der Waals surface area contributed by atoms with Gasteiger partial charge in [0.15, 0.2) is 24.4 Å². The molecule has 0 aromatic carbocycles. The lowest BCUT2D eigenvalue weighted by molar-refractivity contribution is -0.366. The number of aliphatic hydroxyl groups is 9. The van der Waals surface area contributed by atoms with Gasteiger partial charge >= 0.3 is 11.9 Å². The van der Waals surface area contributed by atoms with Crippen LogP contribution in [0.25, 0.3) is 0 Å². The third kappa shape index (κ3) is 21.0. The highest BCUT2D eigenvalue weighted by Crippen LogP contribution is 2.34. The molecule has 0 bridgehead atoms. The summed E-state index contributed by atoms with van der Waals surface area (Å²) in [5, 5.41) is 104. The van der Waals surface area contributed by atoms with Crippen LogP contribution in [-0.2, 0) is 42.7 Å². The molecule has 3 aliphatic rings. The second-order valence-electron chi connectivity index (χ2n) is 19.2. The highest BCUT2D eigenvalue weighted by molar-refractivity contribution is 5.71. The van der Waals surface area contributed by atoms with E-state index in [1.54, 1.807) is 6.92 Å². The number of carbonyl (C=O) groups is 2. The van der Waals surface area contributed by atoms with Crippen molar-refractivity contribution in [2.45, 2.75) is 255 Å². The summed E-state index contributed by atoms with van der Waals surface area (Å²) in [5.41, 5.74) is 0. The molecular formula is C48H86O19. The number of rotatable bonds is 33. The molecule has 0 aromatic rings. The second-order valence-corrected chi connectivity index (χ2v) is 19.2. The molecule has 3 fully saturated rings. The minimum Gasteiger partial charge on any atom is -0.479 e. The van der Waals surface area contributed by atoms with Crippen LogP contribution in [0.15, 0.2) is 12.0 Å². The van der Waals surface area contributed by atoms with Gasteiger partial charge in [-0.25, -0.2) is 4.79 Å². The van der Waals surface area contributed by atoms with E-state index in [0.717, 1.165) is 83.3 Å². The Hall–Kier alpha value is -2.08. The molecule has 3 aliphatic heterocycles. The van der Waals surface area contributed by atoms with Crippen molar-refractivity contribution in [3.8, 4) is 0 Å². The average Bonchev–Trinajstić information content (AvgIpc) is 3.29. The Balaban J connectivity index is 1.49. The second kappa shape index (κ2) is 32.0. The Morgan fingerprint density at radius 2 is 1.16 bits per heavy atom. The van der Waals surface area contributed by atoms with Crippen LogP contribution in [0, 0.1) is 11.8 Å². The number of ether oxygens (including phenoxy) is 7. The number of hydrogen-bond donors (Lipinski definition) is 10. The summed E-state index contributed by atoms with van der Waals surface area (Å²) in [6.45, 7) is 6.97. The number of esters is 1. The number of carbonyl (C=O) groups excluding carboxylic acids is 1. The number of aliphatic carboxylic acids is 1. The zero-order valence-electron chi connectivity index (χ0n) is 40.3. The molecule has 0 radical (unpaired) electrons. The number of unbranched alkanes of at least 4 members (excludes halogenated alkanes) is 12. The van der Waals surface area contributed by atoms with Gasteiger partial charge in [0.25, 0.3) is 0 Å². The standard InChI is InChI=1S/C48H86O19/c1-5-6-20-31(21-19-24-33(50)32(49)22-17-15-13-11-9-7-8-10-12-14-16-18-23-34(51)45(59)60)64-47-43(30(4)35(52)26-62-47)66-48-44(39(55)36(53)27-63-48)67-46-42(58)41(57)40(56)37(65-46)28-61-38(54)25-29(2)3/h28-36,39-44,46-53,55-58H,5-27H2,1-4H3,(H,59,60)/b37-28+/t30?,31-,32?,33-,34+,35-,36-,39+,40-,41+,42-,43-,44-,46+,47+,48?/m0/s1. The zero-order valence-corrected chi connectivity index (χ0v) is 40.3. The smallest absolute Gasteiger partial charge is 0.332 e. The maximum atomic E-state index is 12.2. The molecule has 3 unspecified atom stereocenters. The maximum Gasteiger partial charge on any atom is 0.332 e. The molecule has 16 atom stereocenters. The molecule has 3 rings (SSSR count). The Morgan fingerprint density at radius 3 is 1.75 bits per heavy atom. The predicted octanol–water partition coefficient (Wildman–Crippen LogP) is 3.43. The molecule has 10 N–H and O–H groups in total. The number of carboxylic acid groups (broad SMARTS) is 1. The van der Waals surface area contributed by atoms with Gasteiger partial charge in [-0.1, -0.05) is 118 Å². The lowest BCUT2D eigenvalue weighted by Gasteiger charge is -2.46. The van der Waals surface area contributed by atoms with Crippen molar-refractivity contribution in [2.24, 2.45) is 11.8 Å². The van der Waals surface area contributed by atoms with E-state index >= 15 is 0 Å². The highest BCUT2D eigenvalue weighted by Gasteiger charge is 2.50. The molecular weight excluding hydrogens is 881 g/mol. The molecule has 392 valence electrons. The van der Waals surface area contributed by atoms with Crippen molar-refractivity contribution in [1.29, 1.82) is 0 Å². The summed E-state index contributed by atoms with van der Waals surface area (Å²) in [6, 6.07) is 0. The van der Waals surface area contributed by atoms with E-state index in [1.807, 2.05) is 13.8 Å². The molecule has 67 heavy (non-hydrogen) atoms. The first-order valence-electron chi connectivity index (χ1n) is 25.1. The molecule has 0 aliphatic carbocycles. The van der Waals surface area contributed by atoms with E-state index in [2.05, 4.69) is 6.92 Å². The van der Waals surface area contributed by atoms with Crippen LogP contribution in [0.4, 0.5) is 0 Å². The first-order chi connectivity index (χ1) is 31.9. The van der Waals surface area contributed by atoms with E-state index < -0.39 is 110 Å². The lowest BCUT2D eigenvalue weighted by atomic mass is 9.94. The molecule has 0 spiro atoms. The van der Waals surface area contributed by atoms with Crippen molar-refractivity contribution < 1.29 is 93.8 Å². The van der Waals surface area contributed by atoms with Crippen molar-refractivity contribution in [3.05, 3.63) is 12.0 Å². The van der Waals surface area contributed by atoms with Gasteiger partial charge in [-0.05, 0) is 44.4 Å². The van der Waals surface area contributed by atoms with E-state index in [-0.39, 0.29) is 31.7 Å². The maximum absolute atomic E-state index is 12.2. The van der Waals surface area contributed by atoms with Gasteiger partial charge in [-0.3, -0.25) is 4.79 Å². The zero-order chi connectivity index (χ0) is 49.5. The first-order valence-corrected chi connectivity index (χ1v) is 25.1. The summed E-state index contributed by atoms with van der Waals surface area (Å²) >= 11 is 0. The summed E-state index contributed by atoms with van der Waals surface area (Å²) in [5.74, 6) is -2.83. The SMILES string of the molecule is CCCC[C@@H](CCC[C@H](O)C(O)CCCCCCCCCCCCCC[C@@H](O)C(=O)O)O[C@H]1OC[C@H](O)C(C)[C@@H]1OC1OC[C@H](O)[C@@H](O)[C@@H]1O[C@H]1O/C(=C/OC(=O)CC(C)C)[C@H](O)[C@@H](O)[C@@H]1O. The summed E-state index contributed by atoms with van der Waals surface area (Å²) < 4.78 is 41.3. The topological polar surface area (TPSA) is 301 Å². The Labute approximate surface area is 396 Å². The molecule has 3 saturated heterocycles.